The monoisotopic (exact) mass is 251 g/mol. The molecule has 0 aliphatic heterocycles. The van der Waals surface area contributed by atoms with Gasteiger partial charge in [-0.3, -0.25) is 9.78 Å². The van der Waals surface area contributed by atoms with Crippen LogP contribution in [0.4, 0.5) is 0 Å². The predicted octanol–water partition coefficient (Wildman–Crippen LogP) is 3.99. The van der Waals surface area contributed by atoms with E-state index in [0.717, 1.165) is 12.8 Å². The lowest BCUT2D eigenvalue weighted by molar-refractivity contribution is 0.0831. The Morgan fingerprint density at radius 2 is 1.88 bits per heavy atom. The van der Waals surface area contributed by atoms with E-state index in [-0.39, 0.29) is 11.7 Å². The normalized spacial score (nSPS) is 29.0. The molecular formula is C14H18ClNO. The highest BCUT2D eigenvalue weighted by Gasteiger charge is 2.29. The minimum Gasteiger partial charge on any atom is -0.292 e. The van der Waals surface area contributed by atoms with Crippen molar-refractivity contribution in [2.45, 2.75) is 33.1 Å². The van der Waals surface area contributed by atoms with Gasteiger partial charge in [0.15, 0.2) is 5.78 Å². The molecule has 17 heavy (non-hydrogen) atoms. The van der Waals surface area contributed by atoms with Gasteiger partial charge in [-0.25, -0.2) is 0 Å². The van der Waals surface area contributed by atoms with Crippen LogP contribution in [-0.2, 0) is 0 Å². The number of halogens is 1. The maximum absolute atomic E-state index is 12.3. The van der Waals surface area contributed by atoms with Crippen LogP contribution in [0.15, 0.2) is 18.3 Å². The maximum Gasteiger partial charge on any atom is 0.184 e. The van der Waals surface area contributed by atoms with Crippen LogP contribution >= 0.6 is 11.6 Å². The van der Waals surface area contributed by atoms with Gasteiger partial charge in [0, 0.05) is 12.1 Å². The molecule has 1 saturated carbocycles. The van der Waals surface area contributed by atoms with Gasteiger partial charge in [0.1, 0.15) is 5.69 Å². The van der Waals surface area contributed by atoms with E-state index in [1.807, 2.05) is 0 Å². The Kier molecular flexibility index (Phi) is 3.82. The number of ketones is 1. The average molecular weight is 252 g/mol. The third kappa shape index (κ3) is 3.06. The third-order valence-electron chi connectivity index (χ3n) is 3.53. The Hall–Kier alpha value is -0.890. The predicted molar refractivity (Wildman–Crippen MR) is 69.2 cm³/mol. The van der Waals surface area contributed by atoms with Crippen LogP contribution in [0.1, 0.15) is 43.6 Å². The molecule has 3 heteroatoms. The fraction of sp³-hybridized carbons (Fsp3) is 0.571. The van der Waals surface area contributed by atoms with E-state index in [1.54, 1.807) is 18.3 Å². The van der Waals surface area contributed by atoms with Crippen LogP contribution in [0.3, 0.4) is 0 Å². The molecule has 1 aromatic rings. The van der Waals surface area contributed by atoms with Gasteiger partial charge >= 0.3 is 0 Å². The Morgan fingerprint density at radius 3 is 2.41 bits per heavy atom. The summed E-state index contributed by atoms with van der Waals surface area (Å²) < 4.78 is 0. The van der Waals surface area contributed by atoms with Crippen molar-refractivity contribution in [2.24, 2.45) is 17.8 Å². The molecule has 2 rings (SSSR count). The van der Waals surface area contributed by atoms with Crippen molar-refractivity contribution in [3.8, 4) is 0 Å². The number of nitrogens with zero attached hydrogens (tertiary/aromatic N) is 1. The van der Waals surface area contributed by atoms with Crippen LogP contribution < -0.4 is 0 Å². The van der Waals surface area contributed by atoms with Crippen molar-refractivity contribution in [3.63, 3.8) is 0 Å². The first-order valence-electron chi connectivity index (χ1n) is 6.22. The highest BCUT2D eigenvalue weighted by atomic mass is 35.5. The number of Topliss-reactive ketones (excluding diaryl/α,β-unsaturated/α-hetero) is 1. The van der Waals surface area contributed by atoms with Gasteiger partial charge in [-0.1, -0.05) is 25.4 Å². The average Bonchev–Trinajstić information content (AvgIpc) is 2.28. The fourth-order valence-corrected chi connectivity index (χ4v) is 3.00. The zero-order valence-electron chi connectivity index (χ0n) is 10.3. The lowest BCUT2D eigenvalue weighted by atomic mass is 9.74. The van der Waals surface area contributed by atoms with Crippen molar-refractivity contribution in [2.75, 3.05) is 0 Å². The molecule has 0 amide bonds. The van der Waals surface area contributed by atoms with Gasteiger partial charge < -0.3 is 0 Å². The molecule has 0 bridgehead atoms. The standard InChI is InChI=1S/C14H18ClNO/c1-9-5-10(2)7-11(6-9)14(17)13-4-3-12(15)8-16-13/h3-4,8-11H,5-7H2,1-2H3. The molecule has 0 saturated heterocycles. The quantitative estimate of drug-likeness (QED) is 0.744. The zero-order chi connectivity index (χ0) is 12.4. The van der Waals surface area contributed by atoms with Crippen LogP contribution in [-0.4, -0.2) is 10.8 Å². The maximum atomic E-state index is 12.3. The van der Waals surface area contributed by atoms with Crippen LogP contribution in [0.2, 0.25) is 5.02 Å². The fourth-order valence-electron chi connectivity index (χ4n) is 2.89. The lowest BCUT2D eigenvalue weighted by Crippen LogP contribution is -2.26. The highest BCUT2D eigenvalue weighted by Crippen LogP contribution is 2.34. The summed E-state index contributed by atoms with van der Waals surface area (Å²) in [5.41, 5.74) is 0.556. The number of hydrogen-bond donors (Lipinski definition) is 0. The molecule has 0 spiro atoms. The first kappa shape index (κ1) is 12.6. The molecule has 1 fully saturated rings. The molecule has 2 atom stereocenters. The first-order valence-corrected chi connectivity index (χ1v) is 6.60. The molecule has 0 radical (unpaired) electrons. The number of hydrogen-bond acceptors (Lipinski definition) is 2. The molecule has 2 nitrogen and oxygen atoms in total. The van der Waals surface area contributed by atoms with Crippen LogP contribution in [0.25, 0.3) is 0 Å². The highest BCUT2D eigenvalue weighted by molar-refractivity contribution is 6.30. The summed E-state index contributed by atoms with van der Waals surface area (Å²) in [7, 11) is 0. The Bertz CT molecular complexity index is 391. The second-order valence-corrected chi connectivity index (χ2v) is 5.78. The molecule has 1 aliphatic carbocycles. The van der Waals surface area contributed by atoms with Crippen molar-refractivity contribution >= 4 is 17.4 Å². The number of rotatable bonds is 2. The molecular weight excluding hydrogens is 234 g/mol. The van der Waals surface area contributed by atoms with Crippen molar-refractivity contribution in [1.82, 2.24) is 4.98 Å². The van der Waals surface area contributed by atoms with Crippen LogP contribution in [0, 0.1) is 17.8 Å². The Morgan fingerprint density at radius 1 is 1.24 bits per heavy atom. The molecule has 92 valence electrons. The summed E-state index contributed by atoms with van der Waals surface area (Å²) in [5.74, 6) is 1.60. The molecule has 1 aromatic heterocycles. The lowest BCUT2D eigenvalue weighted by Gasteiger charge is -2.30. The zero-order valence-corrected chi connectivity index (χ0v) is 11.1. The van der Waals surface area contributed by atoms with Gasteiger partial charge in [0.25, 0.3) is 0 Å². The van der Waals surface area contributed by atoms with E-state index in [9.17, 15) is 4.79 Å². The first-order chi connectivity index (χ1) is 8.06. The summed E-state index contributed by atoms with van der Waals surface area (Å²) in [6, 6.07) is 3.46. The summed E-state index contributed by atoms with van der Waals surface area (Å²) in [5, 5.41) is 0.576. The van der Waals surface area contributed by atoms with E-state index >= 15 is 0 Å². The second kappa shape index (κ2) is 5.18. The van der Waals surface area contributed by atoms with Gasteiger partial charge in [-0.05, 0) is 43.2 Å². The van der Waals surface area contributed by atoms with Crippen molar-refractivity contribution < 1.29 is 4.79 Å². The number of pyridine rings is 1. The second-order valence-electron chi connectivity index (χ2n) is 5.34. The molecule has 0 aromatic carbocycles. The van der Waals surface area contributed by atoms with Crippen molar-refractivity contribution in [1.29, 1.82) is 0 Å². The van der Waals surface area contributed by atoms with Gasteiger partial charge in [-0.15, -0.1) is 0 Å². The molecule has 2 unspecified atom stereocenters. The minimum absolute atomic E-state index is 0.141. The summed E-state index contributed by atoms with van der Waals surface area (Å²) in [4.78, 5) is 16.4. The molecule has 1 aliphatic rings. The summed E-state index contributed by atoms with van der Waals surface area (Å²) in [6.45, 7) is 4.45. The number of aromatic nitrogens is 1. The Labute approximate surface area is 107 Å². The molecule has 0 N–H and O–H groups in total. The van der Waals surface area contributed by atoms with E-state index < -0.39 is 0 Å². The van der Waals surface area contributed by atoms with Crippen LogP contribution in [0.5, 0.6) is 0 Å². The van der Waals surface area contributed by atoms with Gasteiger partial charge in [-0.2, -0.15) is 0 Å². The van der Waals surface area contributed by atoms with E-state index in [4.69, 9.17) is 11.6 Å². The smallest absolute Gasteiger partial charge is 0.184 e. The summed E-state index contributed by atoms with van der Waals surface area (Å²) in [6.07, 6.45) is 4.77. The minimum atomic E-state index is 0.141. The topological polar surface area (TPSA) is 30.0 Å². The summed E-state index contributed by atoms with van der Waals surface area (Å²) >= 11 is 5.77. The van der Waals surface area contributed by atoms with E-state index in [2.05, 4.69) is 18.8 Å². The molecule has 1 heterocycles. The van der Waals surface area contributed by atoms with E-state index in [1.165, 1.54) is 6.42 Å². The number of carbonyl (C=O) groups is 1. The van der Waals surface area contributed by atoms with Gasteiger partial charge in [0.2, 0.25) is 0 Å². The largest absolute Gasteiger partial charge is 0.292 e. The van der Waals surface area contributed by atoms with E-state index in [0.29, 0.717) is 22.6 Å². The van der Waals surface area contributed by atoms with Crippen molar-refractivity contribution in [3.05, 3.63) is 29.0 Å². The number of carbonyl (C=O) groups excluding carboxylic acids is 1. The third-order valence-corrected chi connectivity index (χ3v) is 3.75. The van der Waals surface area contributed by atoms with Gasteiger partial charge in [0.05, 0.1) is 5.02 Å². The SMILES string of the molecule is CC1CC(C)CC(C(=O)c2ccc(Cl)cn2)C1. The Balaban J connectivity index is 2.11.